The number of halogens is 2. The summed E-state index contributed by atoms with van der Waals surface area (Å²) in [5, 5.41) is 0. The third kappa shape index (κ3) is 13.1. The van der Waals surface area contributed by atoms with E-state index in [1.54, 1.807) is 23.3 Å². The van der Waals surface area contributed by atoms with Crippen LogP contribution in [0, 0.1) is 24.0 Å². The van der Waals surface area contributed by atoms with E-state index in [9.17, 15) is 0 Å². The third-order valence-corrected chi connectivity index (χ3v) is 3.11. The van der Waals surface area contributed by atoms with Gasteiger partial charge in [-0.05, 0) is 0 Å². The monoisotopic (exact) mass is 434 g/mol. The van der Waals surface area contributed by atoms with Crippen molar-refractivity contribution in [3.8, 4) is 0 Å². The zero-order valence-corrected chi connectivity index (χ0v) is 20.2. The molecule has 0 aliphatic heterocycles. The van der Waals surface area contributed by atoms with Crippen LogP contribution >= 0.6 is 24.8 Å². The zero-order chi connectivity index (χ0) is 15.9. The van der Waals surface area contributed by atoms with E-state index in [1.165, 1.54) is 22.3 Å². The summed E-state index contributed by atoms with van der Waals surface area (Å²) in [5.74, 6) is 1.12. The van der Waals surface area contributed by atoms with Gasteiger partial charge < -0.3 is 0 Å². The Morgan fingerprint density at radius 2 is 1.45 bits per heavy atom. The molecule has 0 aromatic carbocycles. The topological polar surface area (TPSA) is 0 Å². The molecule has 0 aromatic heterocycles. The Hall–Kier alpha value is 0.640. The first-order valence-corrected chi connectivity index (χ1v) is 13.4. The van der Waals surface area contributed by atoms with Crippen molar-refractivity contribution in [3.05, 3.63) is 46.6 Å². The van der Waals surface area contributed by atoms with Crippen LogP contribution in [-0.2, 0) is 23.3 Å². The Morgan fingerprint density at radius 1 is 1.00 bits per heavy atom. The van der Waals surface area contributed by atoms with Gasteiger partial charge in [-0.15, -0.1) is 31.7 Å². The van der Waals surface area contributed by atoms with Gasteiger partial charge in [0.05, 0.1) is 0 Å². The maximum absolute atomic E-state index is 3.29. The van der Waals surface area contributed by atoms with E-state index in [-0.39, 0.29) is 30.2 Å². The van der Waals surface area contributed by atoms with Gasteiger partial charge >= 0.3 is 41.9 Å². The molecule has 0 amide bonds. The molecule has 124 valence electrons. The molecular weight excluding hydrogens is 406 g/mol. The van der Waals surface area contributed by atoms with Crippen molar-refractivity contribution < 1.29 is 23.3 Å². The van der Waals surface area contributed by atoms with Gasteiger partial charge in [-0.2, -0.15) is 11.6 Å². The van der Waals surface area contributed by atoms with E-state index in [0.717, 1.165) is 0 Å². The van der Waals surface area contributed by atoms with E-state index in [0.29, 0.717) is 11.8 Å². The fourth-order valence-electron chi connectivity index (χ4n) is 1.96. The van der Waals surface area contributed by atoms with Gasteiger partial charge in [0.15, 0.2) is 0 Å². The van der Waals surface area contributed by atoms with E-state index >= 15 is 0 Å². The fraction of sp³-hybridized carbons (Fsp3) is 0.556. The molecule has 2 unspecified atom stereocenters. The maximum atomic E-state index is 3.29. The molecule has 2 atom stereocenters. The average Bonchev–Trinajstić information content (AvgIpc) is 2.70. The summed E-state index contributed by atoms with van der Waals surface area (Å²) in [7, 11) is 0. The first-order valence-electron chi connectivity index (χ1n) is 7.22. The molecule has 0 spiro atoms. The van der Waals surface area contributed by atoms with Gasteiger partial charge in [0.1, 0.15) is 0 Å². The van der Waals surface area contributed by atoms with Crippen LogP contribution in [0.5, 0.6) is 0 Å². The molecule has 0 N–H and O–H groups in total. The van der Waals surface area contributed by atoms with Crippen molar-refractivity contribution in [1.29, 1.82) is 0 Å². The number of allylic oxidation sites excluding steroid dienone is 8. The van der Waals surface area contributed by atoms with E-state index in [1.807, 2.05) is 0 Å². The second kappa shape index (κ2) is 14.0. The average molecular weight is 437 g/mol. The van der Waals surface area contributed by atoms with E-state index in [4.69, 9.17) is 0 Å². The van der Waals surface area contributed by atoms with Crippen molar-refractivity contribution >= 4 is 30.2 Å². The first-order chi connectivity index (χ1) is 9.13. The van der Waals surface area contributed by atoms with Gasteiger partial charge in [-0.25, -0.2) is 22.8 Å². The van der Waals surface area contributed by atoms with Crippen LogP contribution in [0.1, 0.15) is 41.5 Å². The smallest absolute Gasteiger partial charge is 0.147 e. The quantitative estimate of drug-likeness (QED) is 0.309. The van der Waals surface area contributed by atoms with Crippen LogP contribution in [0.25, 0.3) is 0 Å². The van der Waals surface area contributed by atoms with Crippen molar-refractivity contribution in [3.63, 3.8) is 0 Å². The minimum atomic E-state index is 0. The molecule has 0 fully saturated rings. The summed E-state index contributed by atoms with van der Waals surface area (Å²) in [5.41, 5.74) is 5.63. The van der Waals surface area contributed by atoms with Crippen LogP contribution in [0.4, 0.5) is 0 Å². The summed E-state index contributed by atoms with van der Waals surface area (Å²) >= 11 is 1.74. The van der Waals surface area contributed by atoms with Crippen molar-refractivity contribution in [2.45, 2.75) is 54.6 Å². The van der Waals surface area contributed by atoms with Crippen LogP contribution in [0.15, 0.2) is 34.4 Å². The molecule has 2 aliphatic carbocycles. The molecule has 22 heavy (non-hydrogen) atoms. The number of hydrogen-bond donors (Lipinski definition) is 0. The zero-order valence-electron chi connectivity index (χ0n) is 15.1. The summed E-state index contributed by atoms with van der Waals surface area (Å²) in [6.45, 7) is 17.4. The molecule has 0 saturated heterocycles. The standard InChI is InChI=1S/2C8H11.C2H6Si.2ClH.Zr/c2*1-6-4-7(2)8(3)5-6;1-3-2;;;/h4,8H,1-3H3;4,6H,1-3H3;1-2H3;2*1H;/q2*-1;;;;+2. The predicted octanol–water partition coefficient (Wildman–Crippen LogP) is 6.29. The van der Waals surface area contributed by atoms with Gasteiger partial charge in [-0.1, -0.05) is 46.5 Å². The normalized spacial score (nSPS) is 21.4. The largest absolute Gasteiger partial charge is 0.147 e. The van der Waals surface area contributed by atoms with Gasteiger partial charge in [-0.3, -0.25) is 12.2 Å². The Morgan fingerprint density at radius 3 is 1.55 bits per heavy atom. The van der Waals surface area contributed by atoms with Gasteiger partial charge in [0.25, 0.3) is 0 Å². The van der Waals surface area contributed by atoms with Crippen LogP contribution in [0.3, 0.4) is 0 Å². The second-order valence-electron chi connectivity index (χ2n) is 5.85. The second-order valence-corrected chi connectivity index (χ2v) is 15.2. The predicted molar refractivity (Wildman–Crippen MR) is 103 cm³/mol. The van der Waals surface area contributed by atoms with Gasteiger partial charge in [0, 0.05) is 0 Å². The molecule has 0 bridgehead atoms. The minimum absolute atomic E-state index is 0. The molecule has 2 aliphatic rings. The van der Waals surface area contributed by atoms with E-state index in [2.05, 4.69) is 78.9 Å². The van der Waals surface area contributed by atoms with Crippen molar-refractivity contribution in [2.24, 2.45) is 11.8 Å². The van der Waals surface area contributed by atoms with Crippen molar-refractivity contribution in [2.75, 3.05) is 0 Å². The fourth-order valence-corrected chi connectivity index (χ4v) is 1.96. The molecule has 4 heteroatoms. The van der Waals surface area contributed by atoms with Crippen LogP contribution in [0.2, 0.25) is 13.1 Å². The summed E-state index contributed by atoms with van der Waals surface area (Å²) in [6, 6.07) is 0. The molecule has 0 saturated carbocycles. The molecular formula is C18H30Cl2SiZr. The maximum Gasteiger partial charge on any atom is -0.147 e. The van der Waals surface area contributed by atoms with E-state index < -0.39 is 0 Å². The molecule has 0 radical (unpaired) electrons. The minimum Gasteiger partial charge on any atom is -0.147 e. The number of rotatable bonds is 0. The molecule has 0 heterocycles. The van der Waals surface area contributed by atoms with Crippen molar-refractivity contribution in [1.82, 2.24) is 0 Å². The van der Waals surface area contributed by atoms with Crippen LogP contribution < -0.4 is 0 Å². The summed E-state index contributed by atoms with van der Waals surface area (Å²) < 4.78 is 0. The molecule has 0 nitrogen and oxygen atoms in total. The SMILES string of the molecule is CC1=[C-]C(C)C(C)=C1.CC1=[C-]C(C)C=C1C.C[Si](C)=[Zr+2].Cl.Cl. The first kappa shape index (κ1) is 27.5. The van der Waals surface area contributed by atoms with Gasteiger partial charge in [0.2, 0.25) is 0 Å². The Kier molecular flexibility index (Phi) is 17.5. The molecule has 2 rings (SSSR count). The Labute approximate surface area is 165 Å². The Balaban J connectivity index is -0.000000249. The summed E-state index contributed by atoms with van der Waals surface area (Å²) in [6.07, 6.45) is 11.0. The molecule has 0 aromatic rings. The number of hydrogen-bond acceptors (Lipinski definition) is 0. The summed E-state index contributed by atoms with van der Waals surface area (Å²) in [4.78, 5) is 0. The van der Waals surface area contributed by atoms with Crippen LogP contribution in [-0.4, -0.2) is 5.43 Å². The Bertz CT molecular complexity index is 451. The third-order valence-electron chi connectivity index (χ3n) is 3.11.